The molecule has 7 nitrogen and oxygen atoms in total. The van der Waals surface area contributed by atoms with Crippen molar-refractivity contribution < 1.29 is 4.74 Å². The molecule has 1 aliphatic heterocycles. The third-order valence-corrected chi connectivity index (χ3v) is 5.53. The summed E-state index contributed by atoms with van der Waals surface area (Å²) in [6.07, 6.45) is 3.80. The Morgan fingerprint density at radius 1 is 1.00 bits per heavy atom. The highest BCUT2D eigenvalue weighted by Gasteiger charge is 2.10. The van der Waals surface area contributed by atoms with Crippen molar-refractivity contribution in [2.75, 3.05) is 37.7 Å². The van der Waals surface area contributed by atoms with Crippen LogP contribution in [0, 0.1) is 0 Å². The fraction of sp³-hybridized carbons (Fsp3) is 0.360. The maximum atomic E-state index is 5.44. The molecule has 1 aliphatic rings. The minimum Gasteiger partial charge on any atom is -0.378 e. The molecule has 3 aromatic rings. The summed E-state index contributed by atoms with van der Waals surface area (Å²) >= 11 is 0. The van der Waals surface area contributed by atoms with E-state index < -0.39 is 0 Å². The summed E-state index contributed by atoms with van der Waals surface area (Å²) in [4.78, 5) is 7.15. The molecule has 0 amide bonds. The van der Waals surface area contributed by atoms with Crippen LogP contribution in [0.3, 0.4) is 0 Å². The van der Waals surface area contributed by atoms with Crippen molar-refractivity contribution in [3.05, 3.63) is 83.7 Å². The molecule has 0 unspecified atom stereocenters. The summed E-state index contributed by atoms with van der Waals surface area (Å²) < 4.78 is 7.39. The topological polar surface area (TPSA) is 66.7 Å². The second kappa shape index (κ2) is 11.3. The van der Waals surface area contributed by atoms with Crippen molar-refractivity contribution >= 4 is 11.6 Å². The number of hydrogen-bond acceptors (Lipinski definition) is 4. The van der Waals surface area contributed by atoms with Crippen molar-refractivity contribution in [3.8, 4) is 0 Å². The van der Waals surface area contributed by atoms with Crippen LogP contribution in [0.15, 0.2) is 72.0 Å². The highest BCUT2D eigenvalue weighted by Crippen LogP contribution is 2.17. The standard InChI is InChI=1S/C25H32N6O/c1-2-26-25(27-18-21-8-10-24(11-9-21)30-14-16-32-17-15-30)28-19-22-6-3-4-7-23(22)20-31-13-5-12-29-31/h3-13H,2,14-20H2,1H3,(H2,26,27,28). The molecule has 0 atom stereocenters. The summed E-state index contributed by atoms with van der Waals surface area (Å²) in [5.74, 6) is 0.818. The van der Waals surface area contributed by atoms with E-state index in [0.29, 0.717) is 13.1 Å². The molecule has 2 aromatic carbocycles. The first kappa shape index (κ1) is 21.9. The summed E-state index contributed by atoms with van der Waals surface area (Å²) in [6.45, 7) is 8.50. The van der Waals surface area contributed by atoms with Crippen LogP contribution in [-0.2, 0) is 24.4 Å². The molecule has 32 heavy (non-hydrogen) atoms. The number of rotatable bonds is 8. The zero-order valence-electron chi connectivity index (χ0n) is 18.7. The molecule has 4 rings (SSSR count). The zero-order valence-corrected chi connectivity index (χ0v) is 18.7. The van der Waals surface area contributed by atoms with Crippen LogP contribution >= 0.6 is 0 Å². The molecule has 0 spiro atoms. The van der Waals surface area contributed by atoms with E-state index in [4.69, 9.17) is 9.73 Å². The smallest absolute Gasteiger partial charge is 0.191 e. The van der Waals surface area contributed by atoms with Gasteiger partial charge in [0.1, 0.15) is 0 Å². The van der Waals surface area contributed by atoms with Crippen LogP contribution in [0.25, 0.3) is 0 Å². The van der Waals surface area contributed by atoms with Gasteiger partial charge in [0.15, 0.2) is 5.96 Å². The van der Waals surface area contributed by atoms with Gasteiger partial charge in [-0.25, -0.2) is 4.99 Å². The summed E-state index contributed by atoms with van der Waals surface area (Å²) in [6, 6.07) is 19.1. The lowest BCUT2D eigenvalue weighted by Crippen LogP contribution is -2.37. The predicted octanol–water partition coefficient (Wildman–Crippen LogP) is 3.02. The van der Waals surface area contributed by atoms with Crippen LogP contribution in [0.4, 0.5) is 5.69 Å². The van der Waals surface area contributed by atoms with Crippen LogP contribution < -0.4 is 15.5 Å². The van der Waals surface area contributed by atoms with Crippen molar-refractivity contribution in [2.45, 2.75) is 26.6 Å². The van der Waals surface area contributed by atoms with E-state index >= 15 is 0 Å². The number of ether oxygens (including phenoxy) is 1. The summed E-state index contributed by atoms with van der Waals surface area (Å²) in [5.41, 5.74) is 4.93. The molecule has 0 aliphatic carbocycles. The number of benzene rings is 2. The van der Waals surface area contributed by atoms with Gasteiger partial charge in [0.25, 0.3) is 0 Å². The molecule has 2 N–H and O–H groups in total. The van der Waals surface area contributed by atoms with Crippen LogP contribution in [0.5, 0.6) is 0 Å². The second-order valence-electron chi connectivity index (χ2n) is 7.79. The molecule has 1 fully saturated rings. The number of aromatic nitrogens is 2. The number of nitrogens with one attached hydrogen (secondary N) is 2. The zero-order chi connectivity index (χ0) is 22.0. The fourth-order valence-electron chi connectivity index (χ4n) is 3.78. The van der Waals surface area contributed by atoms with E-state index in [0.717, 1.165) is 45.4 Å². The number of guanidine groups is 1. The third kappa shape index (κ3) is 6.11. The average molecular weight is 433 g/mol. The third-order valence-electron chi connectivity index (χ3n) is 5.53. The molecule has 0 bridgehead atoms. The molecule has 168 valence electrons. The normalized spacial score (nSPS) is 14.4. The second-order valence-corrected chi connectivity index (χ2v) is 7.79. The van der Waals surface area contributed by atoms with Gasteiger partial charge in [0.2, 0.25) is 0 Å². The van der Waals surface area contributed by atoms with Crippen molar-refractivity contribution in [3.63, 3.8) is 0 Å². The van der Waals surface area contributed by atoms with E-state index in [1.165, 1.54) is 22.4 Å². The van der Waals surface area contributed by atoms with Crippen molar-refractivity contribution in [2.24, 2.45) is 4.99 Å². The van der Waals surface area contributed by atoms with Gasteiger partial charge >= 0.3 is 0 Å². The van der Waals surface area contributed by atoms with Gasteiger partial charge in [-0.1, -0.05) is 36.4 Å². The van der Waals surface area contributed by atoms with Gasteiger partial charge in [0.05, 0.1) is 26.3 Å². The van der Waals surface area contributed by atoms with Crippen LogP contribution in [-0.4, -0.2) is 48.6 Å². The summed E-state index contributed by atoms with van der Waals surface area (Å²) in [5, 5.41) is 11.2. The Labute approximate surface area is 190 Å². The molecule has 1 aromatic heterocycles. The Morgan fingerprint density at radius 2 is 1.78 bits per heavy atom. The van der Waals surface area contributed by atoms with E-state index in [1.807, 2.05) is 23.1 Å². The predicted molar refractivity (Wildman–Crippen MR) is 129 cm³/mol. The van der Waals surface area contributed by atoms with Crippen molar-refractivity contribution in [1.29, 1.82) is 0 Å². The van der Waals surface area contributed by atoms with E-state index in [-0.39, 0.29) is 0 Å². The lowest BCUT2D eigenvalue weighted by atomic mass is 10.1. The Kier molecular flexibility index (Phi) is 7.76. The molecule has 0 radical (unpaired) electrons. The molecule has 1 saturated heterocycles. The van der Waals surface area contributed by atoms with Gasteiger partial charge < -0.3 is 20.3 Å². The molecule has 7 heteroatoms. The number of aliphatic imine (C=N–C) groups is 1. The average Bonchev–Trinajstić information content (AvgIpc) is 3.36. The minimum atomic E-state index is 0.633. The molecular formula is C25H32N6O. The SMILES string of the molecule is CCNC(=NCc1ccc(N2CCOCC2)cc1)NCc1ccccc1Cn1cccn1. The maximum Gasteiger partial charge on any atom is 0.191 e. The lowest BCUT2D eigenvalue weighted by molar-refractivity contribution is 0.122. The van der Waals surface area contributed by atoms with Gasteiger partial charge in [-0.15, -0.1) is 0 Å². The highest BCUT2D eigenvalue weighted by molar-refractivity contribution is 5.79. The first-order chi connectivity index (χ1) is 15.8. The van der Waals surface area contributed by atoms with Crippen LogP contribution in [0.2, 0.25) is 0 Å². The Morgan fingerprint density at radius 3 is 2.50 bits per heavy atom. The van der Waals surface area contributed by atoms with Crippen LogP contribution in [0.1, 0.15) is 23.6 Å². The highest BCUT2D eigenvalue weighted by atomic mass is 16.5. The first-order valence-corrected chi connectivity index (χ1v) is 11.3. The maximum absolute atomic E-state index is 5.44. The lowest BCUT2D eigenvalue weighted by Gasteiger charge is -2.28. The van der Waals surface area contributed by atoms with E-state index in [1.54, 1.807) is 0 Å². The minimum absolute atomic E-state index is 0.633. The monoisotopic (exact) mass is 432 g/mol. The number of hydrogen-bond donors (Lipinski definition) is 2. The Balaban J connectivity index is 1.36. The van der Waals surface area contributed by atoms with E-state index in [2.05, 4.69) is 76.1 Å². The fourth-order valence-corrected chi connectivity index (χ4v) is 3.78. The van der Waals surface area contributed by atoms with E-state index in [9.17, 15) is 0 Å². The molecular weight excluding hydrogens is 400 g/mol. The van der Waals surface area contributed by atoms with Gasteiger partial charge in [-0.2, -0.15) is 5.10 Å². The molecule has 0 saturated carbocycles. The van der Waals surface area contributed by atoms with Gasteiger partial charge in [0, 0.05) is 44.3 Å². The number of anilines is 1. The Hall–Kier alpha value is -3.32. The Bertz CT molecular complexity index is 978. The largest absolute Gasteiger partial charge is 0.378 e. The quantitative estimate of drug-likeness (QED) is 0.423. The number of morpholine rings is 1. The van der Waals surface area contributed by atoms with Gasteiger partial charge in [-0.3, -0.25) is 4.68 Å². The van der Waals surface area contributed by atoms with Gasteiger partial charge in [-0.05, 0) is 41.8 Å². The summed E-state index contributed by atoms with van der Waals surface area (Å²) in [7, 11) is 0. The van der Waals surface area contributed by atoms with Crippen molar-refractivity contribution in [1.82, 2.24) is 20.4 Å². The first-order valence-electron chi connectivity index (χ1n) is 11.3. The molecule has 2 heterocycles. The number of nitrogens with zero attached hydrogens (tertiary/aromatic N) is 4.